The maximum absolute atomic E-state index is 12.9. The first-order valence-electron chi connectivity index (χ1n) is 7.47. The van der Waals surface area contributed by atoms with Crippen LogP contribution in [-0.2, 0) is 4.79 Å². The summed E-state index contributed by atoms with van der Waals surface area (Å²) in [6.07, 6.45) is 5.41. The number of benzene rings is 1. The van der Waals surface area contributed by atoms with E-state index < -0.39 is 5.41 Å². The largest absolute Gasteiger partial charge is 0.495 e. The van der Waals surface area contributed by atoms with E-state index in [1.54, 1.807) is 19.1 Å². The number of carbonyl (C=O) groups is 1. The summed E-state index contributed by atoms with van der Waals surface area (Å²) in [5.74, 6) is 0.534. The molecule has 112 valence electrons. The number of nitriles is 1. The highest BCUT2D eigenvalue weighted by Gasteiger charge is 2.41. The number of hydrogen-bond donors (Lipinski definition) is 0. The van der Waals surface area contributed by atoms with E-state index in [9.17, 15) is 10.1 Å². The molecule has 0 spiro atoms. The molecule has 1 aliphatic carbocycles. The van der Waals surface area contributed by atoms with Crippen LogP contribution in [-0.4, -0.2) is 20.1 Å². The average molecular weight is 286 g/mol. The van der Waals surface area contributed by atoms with Gasteiger partial charge in [0.2, 0.25) is 5.91 Å². The van der Waals surface area contributed by atoms with Gasteiger partial charge in [0.05, 0.1) is 18.9 Å². The molecule has 0 heterocycles. The summed E-state index contributed by atoms with van der Waals surface area (Å²) in [5, 5.41) is 9.63. The molecule has 0 aromatic heterocycles. The highest BCUT2D eigenvalue weighted by molar-refractivity contribution is 6.00. The van der Waals surface area contributed by atoms with Crippen LogP contribution in [0.2, 0.25) is 0 Å². The lowest BCUT2D eigenvalue weighted by atomic mass is 9.80. The van der Waals surface area contributed by atoms with Crippen LogP contribution < -0.4 is 9.64 Å². The summed E-state index contributed by atoms with van der Waals surface area (Å²) in [5.41, 5.74) is -0.171. The highest BCUT2D eigenvalue weighted by atomic mass is 16.5. The SMILES string of the molecule is COc1ccccc1N(C)C(=O)C1(C#N)CCCCCC1. The van der Waals surface area contributed by atoms with Crippen LogP contribution in [0.3, 0.4) is 0 Å². The van der Waals surface area contributed by atoms with Gasteiger partial charge in [0, 0.05) is 7.05 Å². The fourth-order valence-electron chi connectivity index (χ4n) is 3.04. The third-order valence-electron chi connectivity index (χ3n) is 4.33. The summed E-state index contributed by atoms with van der Waals surface area (Å²) in [6.45, 7) is 0. The molecule has 0 saturated heterocycles. The Bertz CT molecular complexity index is 540. The normalized spacial score (nSPS) is 17.4. The van der Waals surface area contributed by atoms with E-state index in [4.69, 9.17) is 4.74 Å². The summed E-state index contributed by atoms with van der Waals surface area (Å²) in [4.78, 5) is 14.5. The van der Waals surface area contributed by atoms with Gasteiger partial charge in [-0.2, -0.15) is 5.26 Å². The van der Waals surface area contributed by atoms with Crippen molar-refractivity contribution in [2.75, 3.05) is 19.1 Å². The minimum Gasteiger partial charge on any atom is -0.495 e. The van der Waals surface area contributed by atoms with Crippen LogP contribution >= 0.6 is 0 Å². The van der Waals surface area contributed by atoms with Crippen molar-refractivity contribution in [2.24, 2.45) is 5.41 Å². The molecule has 0 aliphatic heterocycles. The van der Waals surface area contributed by atoms with Crippen LogP contribution in [0.4, 0.5) is 5.69 Å². The smallest absolute Gasteiger partial charge is 0.247 e. The molecule has 0 unspecified atom stereocenters. The molecule has 0 N–H and O–H groups in total. The Kier molecular flexibility index (Phi) is 4.85. The third kappa shape index (κ3) is 3.02. The fraction of sp³-hybridized carbons (Fsp3) is 0.529. The first-order chi connectivity index (χ1) is 10.1. The topological polar surface area (TPSA) is 53.3 Å². The van der Waals surface area contributed by atoms with Gasteiger partial charge < -0.3 is 9.64 Å². The zero-order valence-corrected chi connectivity index (χ0v) is 12.8. The van der Waals surface area contributed by atoms with Gasteiger partial charge in [-0.15, -0.1) is 0 Å². The number of carbonyl (C=O) groups excluding carboxylic acids is 1. The third-order valence-corrected chi connectivity index (χ3v) is 4.33. The second kappa shape index (κ2) is 6.62. The molecule has 1 amide bonds. The zero-order chi connectivity index (χ0) is 15.3. The number of para-hydroxylation sites is 2. The molecule has 0 atom stereocenters. The monoisotopic (exact) mass is 286 g/mol. The van der Waals surface area contributed by atoms with Crippen molar-refractivity contribution in [1.82, 2.24) is 0 Å². The van der Waals surface area contributed by atoms with Gasteiger partial charge in [-0.25, -0.2) is 0 Å². The highest BCUT2D eigenvalue weighted by Crippen LogP contribution is 2.38. The van der Waals surface area contributed by atoms with Crippen molar-refractivity contribution in [1.29, 1.82) is 5.26 Å². The maximum Gasteiger partial charge on any atom is 0.247 e. The maximum atomic E-state index is 12.9. The number of nitrogens with zero attached hydrogens (tertiary/aromatic N) is 2. The quantitative estimate of drug-likeness (QED) is 0.799. The summed E-state index contributed by atoms with van der Waals surface area (Å²) < 4.78 is 5.32. The van der Waals surface area contributed by atoms with Crippen LogP contribution in [0.1, 0.15) is 38.5 Å². The predicted molar refractivity (Wildman–Crippen MR) is 82.2 cm³/mol. The molecule has 1 aromatic carbocycles. The molecule has 1 saturated carbocycles. The summed E-state index contributed by atoms with van der Waals surface area (Å²) >= 11 is 0. The molecule has 4 heteroatoms. The van der Waals surface area contributed by atoms with Crippen molar-refractivity contribution in [3.63, 3.8) is 0 Å². The number of rotatable bonds is 3. The molecular weight excluding hydrogens is 264 g/mol. The van der Waals surface area contributed by atoms with E-state index in [-0.39, 0.29) is 5.91 Å². The van der Waals surface area contributed by atoms with Crippen molar-refractivity contribution in [3.8, 4) is 11.8 Å². The Morgan fingerprint density at radius 2 is 1.86 bits per heavy atom. The van der Waals surface area contributed by atoms with E-state index in [1.807, 2.05) is 24.3 Å². The molecule has 0 radical (unpaired) electrons. The van der Waals surface area contributed by atoms with Crippen molar-refractivity contribution in [3.05, 3.63) is 24.3 Å². The van der Waals surface area contributed by atoms with Gasteiger partial charge in [0.25, 0.3) is 0 Å². The second-order valence-corrected chi connectivity index (χ2v) is 5.64. The van der Waals surface area contributed by atoms with E-state index >= 15 is 0 Å². The Hall–Kier alpha value is -2.02. The Morgan fingerprint density at radius 1 is 1.24 bits per heavy atom. The van der Waals surface area contributed by atoms with Crippen LogP contribution in [0.15, 0.2) is 24.3 Å². The zero-order valence-electron chi connectivity index (χ0n) is 12.8. The van der Waals surface area contributed by atoms with Crippen molar-refractivity contribution < 1.29 is 9.53 Å². The molecule has 4 nitrogen and oxygen atoms in total. The van der Waals surface area contributed by atoms with E-state index in [0.29, 0.717) is 24.3 Å². The molecule has 2 rings (SSSR count). The van der Waals surface area contributed by atoms with Crippen LogP contribution in [0, 0.1) is 16.7 Å². The van der Waals surface area contributed by atoms with Gasteiger partial charge in [-0.05, 0) is 25.0 Å². The first kappa shape index (κ1) is 15.4. The van der Waals surface area contributed by atoms with Crippen LogP contribution in [0.5, 0.6) is 5.75 Å². The van der Waals surface area contributed by atoms with Gasteiger partial charge in [-0.3, -0.25) is 4.79 Å². The molecule has 1 fully saturated rings. The Morgan fingerprint density at radius 3 is 2.43 bits per heavy atom. The van der Waals surface area contributed by atoms with Gasteiger partial charge in [-0.1, -0.05) is 37.8 Å². The minimum absolute atomic E-state index is 0.114. The van der Waals surface area contributed by atoms with Gasteiger partial charge in [0.15, 0.2) is 0 Å². The molecular formula is C17H22N2O2. The van der Waals surface area contributed by atoms with E-state index in [1.165, 1.54) is 0 Å². The number of amides is 1. The standard InChI is InChI=1S/C17H22N2O2/c1-19(14-9-5-6-10-15(14)21-2)16(20)17(13-18)11-7-3-4-8-12-17/h5-6,9-10H,3-4,7-8,11-12H2,1-2H3. The molecule has 21 heavy (non-hydrogen) atoms. The molecule has 0 bridgehead atoms. The average Bonchev–Trinajstić information content (AvgIpc) is 2.79. The van der Waals surface area contributed by atoms with E-state index in [2.05, 4.69) is 6.07 Å². The lowest BCUT2D eigenvalue weighted by molar-refractivity contribution is -0.125. The lowest BCUT2D eigenvalue weighted by Crippen LogP contribution is -2.41. The van der Waals surface area contributed by atoms with E-state index in [0.717, 1.165) is 25.7 Å². The fourth-order valence-corrected chi connectivity index (χ4v) is 3.04. The first-order valence-corrected chi connectivity index (χ1v) is 7.47. The second-order valence-electron chi connectivity index (χ2n) is 5.64. The lowest BCUT2D eigenvalue weighted by Gasteiger charge is -2.30. The summed E-state index contributed by atoms with van der Waals surface area (Å²) in [6, 6.07) is 9.72. The Labute approximate surface area is 126 Å². The van der Waals surface area contributed by atoms with Crippen LogP contribution in [0.25, 0.3) is 0 Å². The molecule has 1 aromatic rings. The Balaban J connectivity index is 2.30. The van der Waals surface area contributed by atoms with Gasteiger partial charge in [0.1, 0.15) is 11.2 Å². The van der Waals surface area contributed by atoms with Crippen molar-refractivity contribution in [2.45, 2.75) is 38.5 Å². The predicted octanol–water partition coefficient (Wildman–Crippen LogP) is 3.52. The minimum atomic E-state index is -0.883. The number of ether oxygens (including phenoxy) is 1. The molecule has 1 aliphatic rings. The number of hydrogen-bond acceptors (Lipinski definition) is 3. The number of anilines is 1. The summed E-state index contributed by atoms with van der Waals surface area (Å²) in [7, 11) is 3.31. The number of methoxy groups -OCH3 is 1. The van der Waals surface area contributed by atoms with Gasteiger partial charge >= 0.3 is 0 Å². The van der Waals surface area contributed by atoms with Crippen molar-refractivity contribution >= 4 is 11.6 Å².